The number of hydrogen-bond acceptors (Lipinski definition) is 5. The number of sulfonamides is 1. The van der Waals surface area contributed by atoms with E-state index >= 15 is 0 Å². The van der Waals surface area contributed by atoms with Crippen LogP contribution in [-0.4, -0.2) is 57.6 Å². The molecule has 0 fully saturated rings. The predicted octanol–water partition coefficient (Wildman–Crippen LogP) is 3.84. The minimum Gasteiger partial charge on any atom is -0.497 e. The minimum atomic E-state index is -3.81. The molecule has 10 heteroatoms. The summed E-state index contributed by atoms with van der Waals surface area (Å²) in [4.78, 5) is 28.0. The standard InChI is InChI=1S/C25H34ClN3O5S/c1-5-7-15-27-25(31)23(6-2)28(17-19-11-13-22(34-3)14-12-19)24(30)18-29(35(4,32)33)21-10-8-9-20(26)16-21/h8-14,16,23H,5-7,15,17-18H2,1-4H3,(H,27,31)/t23-/m1/s1. The Morgan fingerprint density at radius 3 is 2.34 bits per heavy atom. The smallest absolute Gasteiger partial charge is 0.244 e. The highest BCUT2D eigenvalue weighted by Crippen LogP contribution is 2.23. The Hall–Kier alpha value is -2.78. The van der Waals surface area contributed by atoms with Crippen molar-refractivity contribution in [1.29, 1.82) is 0 Å². The van der Waals surface area contributed by atoms with Crippen LogP contribution in [0.25, 0.3) is 0 Å². The van der Waals surface area contributed by atoms with Crippen molar-refractivity contribution in [3.63, 3.8) is 0 Å². The van der Waals surface area contributed by atoms with E-state index in [2.05, 4.69) is 5.32 Å². The third-order valence-electron chi connectivity index (χ3n) is 5.50. The Morgan fingerprint density at radius 1 is 1.11 bits per heavy atom. The summed E-state index contributed by atoms with van der Waals surface area (Å²) < 4.78 is 31.4. The summed E-state index contributed by atoms with van der Waals surface area (Å²) in [6, 6.07) is 12.7. The van der Waals surface area contributed by atoms with Crippen molar-refractivity contribution in [2.75, 3.05) is 30.8 Å². The van der Waals surface area contributed by atoms with Gasteiger partial charge in [-0.1, -0.05) is 50.1 Å². The van der Waals surface area contributed by atoms with E-state index in [0.717, 1.165) is 29.0 Å². The zero-order chi connectivity index (χ0) is 26.0. The first kappa shape index (κ1) is 28.5. The number of methoxy groups -OCH3 is 1. The quantitative estimate of drug-likeness (QED) is 0.402. The molecule has 35 heavy (non-hydrogen) atoms. The van der Waals surface area contributed by atoms with Crippen molar-refractivity contribution < 1.29 is 22.7 Å². The number of unbranched alkanes of at least 4 members (excludes halogenated alkanes) is 1. The van der Waals surface area contributed by atoms with Crippen LogP contribution in [0.15, 0.2) is 48.5 Å². The Balaban J connectivity index is 2.39. The van der Waals surface area contributed by atoms with Crippen LogP contribution >= 0.6 is 11.6 Å². The molecule has 0 bridgehead atoms. The van der Waals surface area contributed by atoms with E-state index in [4.69, 9.17) is 16.3 Å². The van der Waals surface area contributed by atoms with Crippen LogP contribution in [0.3, 0.4) is 0 Å². The van der Waals surface area contributed by atoms with Crippen LogP contribution < -0.4 is 14.4 Å². The number of rotatable bonds is 13. The second-order valence-corrected chi connectivity index (χ2v) is 10.5. The summed E-state index contributed by atoms with van der Waals surface area (Å²) in [7, 11) is -2.24. The molecule has 0 aromatic heterocycles. The topological polar surface area (TPSA) is 96.0 Å². The van der Waals surface area contributed by atoms with Gasteiger partial charge in [0.2, 0.25) is 21.8 Å². The van der Waals surface area contributed by atoms with Crippen molar-refractivity contribution in [3.8, 4) is 5.75 Å². The highest BCUT2D eigenvalue weighted by atomic mass is 35.5. The molecule has 192 valence electrons. The number of amides is 2. The molecule has 0 radical (unpaired) electrons. The summed E-state index contributed by atoms with van der Waals surface area (Å²) >= 11 is 6.07. The number of carbonyl (C=O) groups is 2. The first-order valence-electron chi connectivity index (χ1n) is 11.5. The predicted molar refractivity (Wildman–Crippen MR) is 139 cm³/mol. The lowest BCUT2D eigenvalue weighted by Crippen LogP contribution is -2.52. The second kappa shape index (κ2) is 13.3. The summed E-state index contributed by atoms with van der Waals surface area (Å²) in [5.74, 6) is -0.0969. The second-order valence-electron chi connectivity index (χ2n) is 8.19. The van der Waals surface area contributed by atoms with Gasteiger partial charge in [-0.05, 0) is 48.7 Å². The van der Waals surface area contributed by atoms with Crippen molar-refractivity contribution in [1.82, 2.24) is 10.2 Å². The van der Waals surface area contributed by atoms with Gasteiger partial charge in [0.1, 0.15) is 18.3 Å². The zero-order valence-electron chi connectivity index (χ0n) is 20.7. The van der Waals surface area contributed by atoms with E-state index in [-0.39, 0.29) is 18.1 Å². The van der Waals surface area contributed by atoms with Gasteiger partial charge in [0.25, 0.3) is 0 Å². The minimum absolute atomic E-state index is 0.135. The van der Waals surface area contributed by atoms with E-state index < -0.39 is 28.5 Å². The Morgan fingerprint density at radius 2 is 1.80 bits per heavy atom. The van der Waals surface area contributed by atoms with Crippen LogP contribution in [-0.2, 0) is 26.2 Å². The van der Waals surface area contributed by atoms with Gasteiger partial charge in [-0.3, -0.25) is 13.9 Å². The molecule has 8 nitrogen and oxygen atoms in total. The number of carbonyl (C=O) groups excluding carboxylic acids is 2. The maximum atomic E-state index is 13.6. The number of benzene rings is 2. The summed E-state index contributed by atoms with van der Waals surface area (Å²) in [5, 5.41) is 3.24. The Labute approximate surface area is 213 Å². The lowest BCUT2D eigenvalue weighted by atomic mass is 10.1. The lowest BCUT2D eigenvalue weighted by Gasteiger charge is -2.33. The molecular formula is C25H34ClN3O5S. The molecule has 0 aliphatic heterocycles. The molecule has 0 aliphatic carbocycles. The zero-order valence-corrected chi connectivity index (χ0v) is 22.2. The highest BCUT2D eigenvalue weighted by molar-refractivity contribution is 7.92. The number of ether oxygens (including phenoxy) is 1. The van der Waals surface area contributed by atoms with Gasteiger partial charge in [-0.2, -0.15) is 0 Å². The summed E-state index contributed by atoms with van der Waals surface area (Å²) in [5.41, 5.74) is 1.06. The molecule has 0 saturated heterocycles. The van der Waals surface area contributed by atoms with Crippen molar-refractivity contribution in [2.24, 2.45) is 0 Å². The average Bonchev–Trinajstić information content (AvgIpc) is 2.82. The average molecular weight is 524 g/mol. The summed E-state index contributed by atoms with van der Waals surface area (Å²) in [6.45, 7) is 4.03. The van der Waals surface area contributed by atoms with Crippen LogP contribution in [0.4, 0.5) is 5.69 Å². The Bertz CT molecular complexity index is 1090. The highest BCUT2D eigenvalue weighted by Gasteiger charge is 2.31. The van der Waals surface area contributed by atoms with Crippen molar-refractivity contribution >= 4 is 39.1 Å². The van der Waals surface area contributed by atoms with E-state index in [1.165, 1.54) is 11.0 Å². The third-order valence-corrected chi connectivity index (χ3v) is 6.88. The maximum Gasteiger partial charge on any atom is 0.244 e. The number of nitrogens with zero attached hydrogens (tertiary/aromatic N) is 2. The number of hydrogen-bond donors (Lipinski definition) is 1. The SMILES string of the molecule is CCCCNC(=O)[C@@H](CC)N(Cc1ccc(OC)cc1)C(=O)CN(c1cccc(Cl)c1)S(C)(=O)=O. The van der Waals surface area contributed by atoms with Crippen LogP contribution in [0.1, 0.15) is 38.7 Å². The fourth-order valence-electron chi connectivity index (χ4n) is 3.60. The first-order valence-corrected chi connectivity index (χ1v) is 13.8. The molecule has 0 heterocycles. The summed E-state index contributed by atoms with van der Waals surface area (Å²) in [6.07, 6.45) is 3.15. The molecule has 0 unspecified atom stereocenters. The van der Waals surface area contributed by atoms with Gasteiger partial charge >= 0.3 is 0 Å². The van der Waals surface area contributed by atoms with Crippen molar-refractivity contribution in [3.05, 3.63) is 59.1 Å². The number of anilines is 1. The van der Waals surface area contributed by atoms with E-state index in [0.29, 0.717) is 23.7 Å². The van der Waals surface area contributed by atoms with Gasteiger partial charge < -0.3 is 15.0 Å². The van der Waals surface area contributed by atoms with Crippen LogP contribution in [0.2, 0.25) is 5.02 Å². The Kier molecular flexibility index (Phi) is 10.9. The fourth-order valence-corrected chi connectivity index (χ4v) is 4.62. The number of nitrogens with one attached hydrogen (secondary N) is 1. The van der Waals surface area contributed by atoms with E-state index in [1.807, 2.05) is 26.0 Å². The molecule has 1 N–H and O–H groups in total. The maximum absolute atomic E-state index is 13.6. The molecule has 0 spiro atoms. The van der Waals surface area contributed by atoms with Crippen LogP contribution in [0, 0.1) is 0 Å². The molecule has 0 saturated carbocycles. The monoisotopic (exact) mass is 523 g/mol. The van der Waals surface area contributed by atoms with Gasteiger partial charge in [-0.15, -0.1) is 0 Å². The normalized spacial score (nSPS) is 12.0. The van der Waals surface area contributed by atoms with Crippen molar-refractivity contribution in [2.45, 2.75) is 45.7 Å². The lowest BCUT2D eigenvalue weighted by molar-refractivity contribution is -0.140. The fraction of sp³-hybridized carbons (Fsp3) is 0.440. The van der Waals surface area contributed by atoms with Gasteiger partial charge in [0, 0.05) is 18.1 Å². The molecular weight excluding hydrogens is 490 g/mol. The molecule has 2 amide bonds. The third kappa shape index (κ3) is 8.43. The van der Waals surface area contributed by atoms with E-state index in [1.54, 1.807) is 37.4 Å². The molecule has 0 aliphatic rings. The van der Waals surface area contributed by atoms with Crippen LogP contribution in [0.5, 0.6) is 5.75 Å². The van der Waals surface area contributed by atoms with Gasteiger partial charge in [0.15, 0.2) is 0 Å². The first-order chi connectivity index (χ1) is 16.6. The molecule has 1 atom stereocenters. The molecule has 2 aromatic carbocycles. The largest absolute Gasteiger partial charge is 0.497 e. The van der Waals surface area contributed by atoms with E-state index in [9.17, 15) is 18.0 Å². The molecule has 2 aromatic rings. The molecule has 2 rings (SSSR count). The van der Waals surface area contributed by atoms with Gasteiger partial charge in [0.05, 0.1) is 19.1 Å². The van der Waals surface area contributed by atoms with Gasteiger partial charge in [-0.25, -0.2) is 8.42 Å². The number of halogens is 1.